The van der Waals surface area contributed by atoms with Crippen LogP contribution < -0.4 is 15.3 Å². The molecule has 2 aliphatic heterocycles. The average molecular weight is 529 g/mol. The number of carbonyl (C=O) groups excluding carboxylic acids is 1. The number of imidazole rings is 1. The van der Waals surface area contributed by atoms with Gasteiger partial charge in [-0.15, -0.1) is 0 Å². The Morgan fingerprint density at radius 2 is 1.79 bits per heavy atom. The van der Waals surface area contributed by atoms with E-state index >= 15 is 0 Å². The van der Waals surface area contributed by atoms with Gasteiger partial charge in [0.15, 0.2) is 5.65 Å². The molecular formula is C28H34N9O2+. The fourth-order valence-electron chi connectivity index (χ4n) is 5.86. The monoisotopic (exact) mass is 528 g/mol. The maximum atomic E-state index is 13.5. The van der Waals surface area contributed by atoms with Crippen LogP contribution in [0.2, 0.25) is 0 Å². The van der Waals surface area contributed by atoms with Crippen LogP contribution in [0.25, 0.3) is 22.7 Å². The van der Waals surface area contributed by atoms with Crippen molar-refractivity contribution in [3.8, 4) is 11.5 Å². The molecule has 0 aromatic carbocycles. The van der Waals surface area contributed by atoms with Gasteiger partial charge in [0.2, 0.25) is 23.9 Å². The molecule has 0 atom stereocenters. The summed E-state index contributed by atoms with van der Waals surface area (Å²) in [6.45, 7) is 4.04. The molecule has 39 heavy (non-hydrogen) atoms. The van der Waals surface area contributed by atoms with Gasteiger partial charge in [-0.2, -0.15) is 0 Å². The number of amides is 1. The predicted octanol–water partition coefficient (Wildman–Crippen LogP) is 1.89. The van der Waals surface area contributed by atoms with Gasteiger partial charge in [0.05, 0.1) is 0 Å². The molecule has 2 aliphatic rings. The molecule has 4 aromatic heterocycles. The van der Waals surface area contributed by atoms with Crippen molar-refractivity contribution in [3.05, 3.63) is 60.7 Å². The Bertz CT molecular complexity index is 1440. The quantitative estimate of drug-likeness (QED) is 0.377. The van der Waals surface area contributed by atoms with Crippen LogP contribution in [0.5, 0.6) is 0 Å². The van der Waals surface area contributed by atoms with Crippen molar-refractivity contribution in [2.75, 3.05) is 39.0 Å². The standard InChI is InChI=1S/C28H34N9O2/c1-39-36-12-3-2-6-24(36)26-33-23-5-4-11-30-25(23)37(26)22-9-15-35(16-10-22)27(38)21-7-13-34(14-8-21)19-20-17-31-28(29)32-18-20/h2-6,11-12,17-18,21-22H,7-10,13-16,19H2,1H3,(H2,29,31,32)/q+1. The highest BCUT2D eigenvalue weighted by Crippen LogP contribution is 2.32. The normalized spacial score (nSPS) is 17.5. The molecule has 4 aromatic rings. The van der Waals surface area contributed by atoms with Gasteiger partial charge in [0.1, 0.15) is 12.6 Å². The summed E-state index contributed by atoms with van der Waals surface area (Å²) in [5.74, 6) is 1.49. The first-order valence-corrected chi connectivity index (χ1v) is 13.6. The molecule has 6 rings (SSSR count). The molecule has 11 nitrogen and oxygen atoms in total. The first-order chi connectivity index (χ1) is 19.1. The van der Waals surface area contributed by atoms with E-state index in [9.17, 15) is 4.79 Å². The summed E-state index contributed by atoms with van der Waals surface area (Å²) in [7, 11) is 1.65. The lowest BCUT2D eigenvalue weighted by Gasteiger charge is -2.37. The molecule has 2 saturated heterocycles. The van der Waals surface area contributed by atoms with Crippen molar-refractivity contribution in [1.29, 1.82) is 0 Å². The Kier molecular flexibility index (Phi) is 7.06. The van der Waals surface area contributed by atoms with Crippen LogP contribution in [-0.4, -0.2) is 73.5 Å². The molecule has 11 heteroatoms. The second-order valence-corrected chi connectivity index (χ2v) is 10.3. The molecular weight excluding hydrogens is 494 g/mol. The first-order valence-electron chi connectivity index (χ1n) is 13.6. The van der Waals surface area contributed by atoms with Gasteiger partial charge in [-0.05, 0) is 57.0 Å². The SMILES string of the molecule is CO[n+]1ccccc1-c1nc2cccnc2n1C1CCN(C(=O)C2CCN(Cc3cnc(N)nc3)CC2)CC1. The fourth-order valence-corrected chi connectivity index (χ4v) is 5.86. The highest BCUT2D eigenvalue weighted by atomic mass is 16.6. The Labute approximate surface area is 227 Å². The maximum Gasteiger partial charge on any atom is 0.300 e. The lowest BCUT2D eigenvalue weighted by Crippen LogP contribution is -2.46. The van der Waals surface area contributed by atoms with E-state index < -0.39 is 0 Å². The number of nitrogens with two attached hydrogens (primary N) is 1. The lowest BCUT2D eigenvalue weighted by molar-refractivity contribution is -0.877. The molecule has 0 spiro atoms. The minimum atomic E-state index is 0.0803. The number of fused-ring (bicyclic) bond motifs is 1. The van der Waals surface area contributed by atoms with E-state index in [-0.39, 0.29) is 17.9 Å². The summed E-state index contributed by atoms with van der Waals surface area (Å²) in [5.41, 5.74) is 9.23. The molecule has 6 heterocycles. The second kappa shape index (κ2) is 10.9. The number of nitrogens with zero attached hydrogens (tertiary/aromatic N) is 8. The third-order valence-corrected chi connectivity index (χ3v) is 7.91. The van der Waals surface area contributed by atoms with Crippen LogP contribution in [-0.2, 0) is 11.3 Å². The molecule has 202 valence electrons. The Hall–Kier alpha value is -4.12. The number of aromatic nitrogens is 6. The van der Waals surface area contributed by atoms with Crippen LogP contribution in [0, 0.1) is 5.92 Å². The number of pyridine rings is 2. The molecule has 0 unspecified atom stereocenters. The topological polar surface area (TPSA) is 119 Å². The molecule has 0 bridgehead atoms. The van der Waals surface area contributed by atoms with Crippen molar-refractivity contribution >= 4 is 23.0 Å². The van der Waals surface area contributed by atoms with Crippen LogP contribution in [0.1, 0.15) is 37.3 Å². The van der Waals surface area contributed by atoms with Crippen LogP contribution in [0.4, 0.5) is 5.95 Å². The largest absolute Gasteiger partial charge is 0.368 e. The Morgan fingerprint density at radius 1 is 1.03 bits per heavy atom. The average Bonchev–Trinajstić information content (AvgIpc) is 3.38. The van der Waals surface area contributed by atoms with Crippen LogP contribution in [0.3, 0.4) is 0 Å². The number of nitrogen functional groups attached to an aromatic ring is 1. The summed E-state index contributed by atoms with van der Waals surface area (Å²) < 4.78 is 3.96. The highest BCUT2D eigenvalue weighted by molar-refractivity contribution is 5.79. The minimum absolute atomic E-state index is 0.0803. The van der Waals surface area contributed by atoms with E-state index in [0.29, 0.717) is 5.95 Å². The smallest absolute Gasteiger partial charge is 0.300 e. The zero-order chi connectivity index (χ0) is 26.8. The van der Waals surface area contributed by atoms with E-state index in [0.717, 1.165) is 86.7 Å². The van der Waals surface area contributed by atoms with Gasteiger partial charge in [-0.1, -0.05) is 0 Å². The summed E-state index contributed by atoms with van der Waals surface area (Å²) in [6.07, 6.45) is 10.7. The molecule has 0 aliphatic carbocycles. The molecule has 2 N–H and O–H groups in total. The number of likely N-dealkylation sites (tertiary alicyclic amines) is 2. The second-order valence-electron chi connectivity index (χ2n) is 10.3. The molecule has 2 fully saturated rings. The van der Waals surface area contributed by atoms with Crippen LogP contribution in [0.15, 0.2) is 55.1 Å². The van der Waals surface area contributed by atoms with Crippen molar-refractivity contribution in [3.63, 3.8) is 0 Å². The zero-order valence-corrected chi connectivity index (χ0v) is 22.2. The zero-order valence-electron chi connectivity index (χ0n) is 22.2. The van der Waals surface area contributed by atoms with E-state index in [1.807, 2.05) is 42.7 Å². The summed E-state index contributed by atoms with van der Waals surface area (Å²) >= 11 is 0. The van der Waals surface area contributed by atoms with E-state index in [2.05, 4.69) is 29.3 Å². The van der Waals surface area contributed by atoms with Crippen molar-refractivity contribution in [2.24, 2.45) is 5.92 Å². The molecule has 0 saturated carbocycles. The van der Waals surface area contributed by atoms with Gasteiger partial charge >= 0.3 is 0 Å². The highest BCUT2D eigenvalue weighted by Gasteiger charge is 2.34. The number of carbonyl (C=O) groups is 1. The third kappa shape index (κ3) is 5.14. The number of rotatable bonds is 6. The number of hydrogen-bond donors (Lipinski definition) is 1. The minimum Gasteiger partial charge on any atom is -0.368 e. The predicted molar refractivity (Wildman–Crippen MR) is 145 cm³/mol. The maximum absolute atomic E-state index is 13.5. The van der Waals surface area contributed by atoms with E-state index in [4.69, 9.17) is 15.6 Å². The van der Waals surface area contributed by atoms with Gasteiger partial charge in [-0.25, -0.2) is 19.9 Å². The fraction of sp³-hybridized carbons (Fsp3) is 0.429. The molecule has 1 amide bonds. The van der Waals surface area contributed by atoms with Crippen LogP contribution >= 0.6 is 0 Å². The van der Waals surface area contributed by atoms with Crippen molar-refractivity contribution in [1.82, 2.24) is 34.3 Å². The Balaban J connectivity index is 1.11. The first kappa shape index (κ1) is 25.2. The van der Waals surface area contributed by atoms with Gasteiger partial charge in [0.25, 0.3) is 5.69 Å². The summed E-state index contributed by atoms with van der Waals surface area (Å²) in [4.78, 5) is 41.2. The molecule has 0 radical (unpaired) electrons. The van der Waals surface area contributed by atoms with Gasteiger partial charge in [0, 0.05) is 72.6 Å². The number of piperidine rings is 2. The summed E-state index contributed by atoms with van der Waals surface area (Å²) in [5, 5.41) is 0. The van der Waals surface area contributed by atoms with Gasteiger partial charge < -0.3 is 15.2 Å². The van der Waals surface area contributed by atoms with Crippen molar-refractivity contribution in [2.45, 2.75) is 38.3 Å². The van der Waals surface area contributed by atoms with Crippen molar-refractivity contribution < 1.29 is 14.4 Å². The number of anilines is 1. The lowest BCUT2D eigenvalue weighted by atomic mass is 9.93. The third-order valence-electron chi connectivity index (χ3n) is 7.91. The van der Waals surface area contributed by atoms with E-state index in [1.54, 1.807) is 24.2 Å². The van der Waals surface area contributed by atoms with Gasteiger partial charge in [-0.3, -0.25) is 14.5 Å². The Morgan fingerprint density at radius 3 is 2.54 bits per heavy atom. The number of hydrogen-bond acceptors (Lipinski definition) is 8. The van der Waals surface area contributed by atoms with E-state index in [1.165, 1.54) is 0 Å². The summed E-state index contributed by atoms with van der Waals surface area (Å²) in [6, 6.07) is 10.0.